The quantitative estimate of drug-likeness (QED) is 0.700. The van der Waals surface area contributed by atoms with E-state index in [0.717, 1.165) is 24.8 Å². The summed E-state index contributed by atoms with van der Waals surface area (Å²) in [5, 5.41) is 2.12. The van der Waals surface area contributed by atoms with Gasteiger partial charge in [-0.1, -0.05) is 24.3 Å². The monoisotopic (exact) mass is 412 g/mol. The van der Waals surface area contributed by atoms with Gasteiger partial charge < -0.3 is 14.5 Å². The zero-order valence-electron chi connectivity index (χ0n) is 17.1. The van der Waals surface area contributed by atoms with Crippen molar-refractivity contribution in [2.45, 2.75) is 32.2 Å². The van der Waals surface area contributed by atoms with Gasteiger partial charge in [0.1, 0.15) is 0 Å². The van der Waals surface area contributed by atoms with Crippen molar-refractivity contribution >= 4 is 23.2 Å². The van der Waals surface area contributed by atoms with Crippen LogP contribution in [0.2, 0.25) is 0 Å². The second-order valence-corrected chi connectivity index (χ2v) is 8.92. The first-order valence-electron chi connectivity index (χ1n) is 10.3. The highest BCUT2D eigenvalue weighted by Gasteiger charge is 2.37. The molecule has 0 spiro atoms. The van der Waals surface area contributed by atoms with Crippen LogP contribution in [0.4, 0.5) is 0 Å². The van der Waals surface area contributed by atoms with Gasteiger partial charge in [0.2, 0.25) is 11.8 Å². The van der Waals surface area contributed by atoms with Gasteiger partial charge in [-0.2, -0.15) is 0 Å². The molecule has 0 N–H and O–H groups in total. The number of nitrogens with zero attached hydrogens (tertiary/aromatic N) is 2. The fourth-order valence-corrected chi connectivity index (χ4v) is 5.03. The number of benzene rings is 1. The molecule has 6 heteroatoms. The second kappa shape index (κ2) is 8.67. The number of ether oxygens (including phenoxy) is 1. The molecule has 0 bridgehead atoms. The fourth-order valence-electron chi connectivity index (χ4n) is 4.13. The molecular weight excluding hydrogens is 384 g/mol. The molecule has 4 rings (SSSR count). The summed E-state index contributed by atoms with van der Waals surface area (Å²) >= 11 is 1.77. The molecule has 1 atom stereocenters. The average Bonchev–Trinajstić information content (AvgIpc) is 3.47. The third kappa shape index (κ3) is 4.23. The maximum absolute atomic E-state index is 13.4. The van der Waals surface area contributed by atoms with E-state index in [2.05, 4.69) is 30.5 Å². The number of amides is 2. The number of carbonyl (C=O) groups excluding carboxylic acids is 2. The summed E-state index contributed by atoms with van der Waals surface area (Å²) in [6.07, 6.45) is 2.74. The minimum absolute atomic E-state index is 0.0141. The largest absolute Gasteiger partial charge is 0.383 e. The Morgan fingerprint density at radius 1 is 1.21 bits per heavy atom. The van der Waals surface area contributed by atoms with Gasteiger partial charge in [-0.3, -0.25) is 9.59 Å². The molecule has 1 unspecified atom stereocenters. The SMILES string of the molecule is COCCN(CC(=O)N1CCc2sccc2C1c1ccccc1C)C(=O)C1CC1. The minimum Gasteiger partial charge on any atom is -0.383 e. The zero-order chi connectivity index (χ0) is 20.4. The molecule has 0 radical (unpaired) electrons. The molecule has 2 aliphatic rings. The number of hydrogen-bond acceptors (Lipinski definition) is 4. The Morgan fingerprint density at radius 3 is 2.72 bits per heavy atom. The van der Waals surface area contributed by atoms with Crippen LogP contribution in [0.15, 0.2) is 35.7 Å². The van der Waals surface area contributed by atoms with E-state index in [1.165, 1.54) is 16.0 Å². The highest BCUT2D eigenvalue weighted by Crippen LogP contribution is 2.39. The van der Waals surface area contributed by atoms with E-state index in [1.807, 2.05) is 17.0 Å². The first-order valence-corrected chi connectivity index (χ1v) is 11.2. The van der Waals surface area contributed by atoms with Crippen LogP contribution in [0.1, 0.15) is 40.5 Å². The molecule has 29 heavy (non-hydrogen) atoms. The third-order valence-corrected chi connectivity index (χ3v) is 6.90. The highest BCUT2D eigenvalue weighted by atomic mass is 32.1. The van der Waals surface area contributed by atoms with E-state index < -0.39 is 0 Å². The first-order chi connectivity index (χ1) is 14.1. The fraction of sp³-hybridized carbons (Fsp3) is 0.478. The summed E-state index contributed by atoms with van der Waals surface area (Å²) < 4.78 is 5.17. The standard InChI is InChI=1S/C23H28N2O3S/c1-16-5-3-4-6-18(16)22-19-10-14-29-20(19)9-11-25(22)21(26)15-24(12-13-28-2)23(27)17-7-8-17/h3-6,10,14,17,22H,7-9,11-13,15H2,1-2H3. The Kier molecular flexibility index (Phi) is 6.01. The predicted molar refractivity (Wildman–Crippen MR) is 114 cm³/mol. The Morgan fingerprint density at radius 2 is 2.00 bits per heavy atom. The second-order valence-electron chi connectivity index (χ2n) is 7.92. The summed E-state index contributed by atoms with van der Waals surface area (Å²) in [4.78, 5) is 31.2. The Labute approximate surface area is 176 Å². The van der Waals surface area contributed by atoms with Crippen LogP contribution < -0.4 is 0 Å². The van der Waals surface area contributed by atoms with Crippen LogP contribution in [0.5, 0.6) is 0 Å². The molecular formula is C23H28N2O3S. The Hall–Kier alpha value is -2.18. The zero-order valence-corrected chi connectivity index (χ0v) is 17.9. The van der Waals surface area contributed by atoms with Gasteiger partial charge in [0.15, 0.2) is 0 Å². The Balaban J connectivity index is 1.60. The van der Waals surface area contributed by atoms with Crippen molar-refractivity contribution < 1.29 is 14.3 Å². The summed E-state index contributed by atoms with van der Waals surface area (Å²) in [6.45, 7) is 3.81. The molecule has 2 heterocycles. The molecule has 2 aromatic rings. The topological polar surface area (TPSA) is 49.9 Å². The van der Waals surface area contributed by atoms with Gasteiger partial charge in [0.25, 0.3) is 0 Å². The van der Waals surface area contributed by atoms with Crippen LogP contribution in [0.25, 0.3) is 0 Å². The van der Waals surface area contributed by atoms with E-state index in [0.29, 0.717) is 19.7 Å². The number of rotatable bonds is 7. The van der Waals surface area contributed by atoms with Crippen LogP contribution in [-0.4, -0.2) is 55.0 Å². The maximum Gasteiger partial charge on any atom is 0.242 e. The maximum atomic E-state index is 13.4. The number of fused-ring (bicyclic) bond motifs is 1. The lowest BCUT2D eigenvalue weighted by atomic mass is 9.90. The third-order valence-electron chi connectivity index (χ3n) is 5.90. The number of thiophene rings is 1. The van der Waals surface area contributed by atoms with Gasteiger partial charge in [0, 0.05) is 31.0 Å². The van der Waals surface area contributed by atoms with Crippen molar-refractivity contribution in [2.24, 2.45) is 5.92 Å². The minimum atomic E-state index is -0.0843. The Bertz CT molecular complexity index is 890. The summed E-state index contributed by atoms with van der Waals surface area (Å²) in [5.41, 5.74) is 3.57. The van der Waals surface area contributed by atoms with Gasteiger partial charge in [-0.25, -0.2) is 0 Å². The molecule has 1 fully saturated rings. The smallest absolute Gasteiger partial charge is 0.242 e. The predicted octanol–water partition coefficient (Wildman–Crippen LogP) is 3.42. The summed E-state index contributed by atoms with van der Waals surface area (Å²) in [5.74, 6) is 0.202. The van der Waals surface area contributed by atoms with Gasteiger partial charge in [-0.05, 0) is 54.3 Å². The molecule has 1 aliphatic carbocycles. The van der Waals surface area contributed by atoms with Crippen molar-refractivity contribution in [3.63, 3.8) is 0 Å². The number of hydrogen-bond donors (Lipinski definition) is 0. The summed E-state index contributed by atoms with van der Waals surface area (Å²) in [6, 6.07) is 10.3. The van der Waals surface area contributed by atoms with Gasteiger partial charge >= 0.3 is 0 Å². The average molecular weight is 413 g/mol. The van der Waals surface area contributed by atoms with E-state index in [1.54, 1.807) is 23.3 Å². The van der Waals surface area contributed by atoms with Crippen molar-refractivity contribution in [2.75, 3.05) is 33.4 Å². The van der Waals surface area contributed by atoms with Gasteiger partial charge in [-0.15, -0.1) is 11.3 Å². The van der Waals surface area contributed by atoms with E-state index in [4.69, 9.17) is 4.74 Å². The summed E-state index contributed by atoms with van der Waals surface area (Å²) in [7, 11) is 1.62. The molecule has 5 nitrogen and oxygen atoms in total. The van der Waals surface area contributed by atoms with Crippen LogP contribution in [0.3, 0.4) is 0 Å². The van der Waals surface area contributed by atoms with Gasteiger partial charge in [0.05, 0.1) is 19.2 Å². The lowest BCUT2D eigenvalue weighted by Gasteiger charge is -2.38. The van der Waals surface area contributed by atoms with Crippen molar-refractivity contribution in [3.8, 4) is 0 Å². The first kappa shape index (κ1) is 20.1. The van der Waals surface area contributed by atoms with Crippen LogP contribution in [-0.2, 0) is 20.7 Å². The van der Waals surface area contributed by atoms with Crippen molar-refractivity contribution in [3.05, 3.63) is 57.3 Å². The molecule has 1 aromatic carbocycles. The molecule has 1 aliphatic heterocycles. The normalized spacial score (nSPS) is 18.4. The highest BCUT2D eigenvalue weighted by molar-refractivity contribution is 7.10. The molecule has 2 amide bonds. The molecule has 0 saturated heterocycles. The van der Waals surface area contributed by atoms with Crippen molar-refractivity contribution in [1.82, 2.24) is 9.80 Å². The molecule has 154 valence electrons. The number of aryl methyl sites for hydroxylation is 1. The molecule has 1 aromatic heterocycles. The lowest BCUT2D eigenvalue weighted by molar-refractivity contribution is -0.142. The number of methoxy groups -OCH3 is 1. The lowest BCUT2D eigenvalue weighted by Crippen LogP contribution is -2.48. The van der Waals surface area contributed by atoms with E-state index >= 15 is 0 Å². The number of carbonyl (C=O) groups is 2. The van der Waals surface area contributed by atoms with Crippen LogP contribution in [0, 0.1) is 12.8 Å². The van der Waals surface area contributed by atoms with Crippen LogP contribution >= 0.6 is 11.3 Å². The van der Waals surface area contributed by atoms with E-state index in [9.17, 15) is 9.59 Å². The molecule has 1 saturated carbocycles. The van der Waals surface area contributed by atoms with Crippen molar-refractivity contribution in [1.29, 1.82) is 0 Å². The van der Waals surface area contributed by atoms with E-state index in [-0.39, 0.29) is 30.3 Å².